The zero-order valence-electron chi connectivity index (χ0n) is 34.9. The molecule has 0 spiro atoms. The molecule has 2 saturated carbocycles. The molecule has 2 aliphatic carbocycles. The van der Waals surface area contributed by atoms with Gasteiger partial charge in [0, 0.05) is 50.4 Å². The summed E-state index contributed by atoms with van der Waals surface area (Å²) in [5.74, 6) is 0.490. The molecule has 0 atom stereocenters. The Kier molecular flexibility index (Phi) is 11.4. The van der Waals surface area contributed by atoms with Gasteiger partial charge in [0.1, 0.15) is 11.3 Å². The molecule has 0 saturated heterocycles. The summed E-state index contributed by atoms with van der Waals surface area (Å²) in [4.78, 5) is 34.6. The lowest BCUT2D eigenvalue weighted by atomic mass is 10.2. The topological polar surface area (TPSA) is 222 Å². The minimum atomic E-state index is -3.38. The third kappa shape index (κ3) is 9.92. The van der Waals surface area contributed by atoms with E-state index in [1.807, 2.05) is 33.3 Å². The van der Waals surface area contributed by atoms with Crippen LogP contribution in [0.2, 0.25) is 0 Å². The number of benzene rings is 2. The van der Waals surface area contributed by atoms with Crippen molar-refractivity contribution >= 4 is 42.8 Å². The number of sulfone groups is 2. The molecule has 0 aliphatic heterocycles. The Labute approximate surface area is 368 Å². The second-order valence-electron chi connectivity index (χ2n) is 16.2. The number of carbonyl (C=O) groups is 2. The number of amides is 2. The second-order valence-corrected chi connectivity index (χ2v) is 20.2. The monoisotopic (exact) mass is 900 g/mol. The Hall–Kier alpha value is -7.06. The predicted octanol–water partition coefficient (Wildman–Crippen LogP) is 4.37. The normalized spacial score (nSPS) is 14.0. The molecule has 328 valence electrons. The van der Waals surface area contributed by atoms with Crippen molar-refractivity contribution in [3.8, 4) is 0 Å². The van der Waals surface area contributed by atoms with Gasteiger partial charge in [0.25, 0.3) is 11.8 Å². The van der Waals surface area contributed by atoms with Gasteiger partial charge in [-0.25, -0.2) is 36.2 Å². The van der Waals surface area contributed by atoms with Gasteiger partial charge >= 0.3 is 0 Å². The third-order valence-electron chi connectivity index (χ3n) is 11.0. The average Bonchev–Trinajstić information content (AvgIpc) is 4.11. The highest BCUT2D eigenvalue weighted by atomic mass is 32.2. The first-order valence-electron chi connectivity index (χ1n) is 20.6. The van der Waals surface area contributed by atoms with Crippen molar-refractivity contribution in [2.75, 3.05) is 12.5 Å². The lowest BCUT2D eigenvalue weighted by molar-refractivity contribution is 0.0937. The first-order valence-corrected chi connectivity index (χ1v) is 24.4. The fourth-order valence-corrected chi connectivity index (χ4v) is 9.32. The standard InChI is InChI=1S/2C22H22N6O3S/c2*1-32(30,31)20-5-3-2-4-16(20)10-23-22(29)19-14-28(26-25-19)13-18-12-27-11-17(15-6-7-15)8-9-21(27)24-18/h2*2-5,8-9,11-12,14-15H,6-7,10,13H2,1H3,(H,23,29). The maximum absolute atomic E-state index is 12.5. The molecule has 2 fully saturated rings. The van der Waals surface area contributed by atoms with Crippen LogP contribution in [0.4, 0.5) is 0 Å². The minimum absolute atomic E-state index is 0.0741. The zero-order valence-corrected chi connectivity index (χ0v) is 36.6. The molecule has 0 unspecified atom stereocenters. The van der Waals surface area contributed by atoms with Crippen molar-refractivity contribution in [1.29, 1.82) is 0 Å². The van der Waals surface area contributed by atoms with E-state index in [2.05, 4.69) is 65.8 Å². The first-order chi connectivity index (χ1) is 30.7. The van der Waals surface area contributed by atoms with E-state index in [0.29, 0.717) is 36.1 Å². The molecule has 0 bridgehead atoms. The van der Waals surface area contributed by atoms with E-state index in [9.17, 15) is 26.4 Å². The van der Waals surface area contributed by atoms with Gasteiger partial charge in [-0.05, 0) is 84.0 Å². The first kappa shape index (κ1) is 42.3. The summed E-state index contributed by atoms with van der Waals surface area (Å²) in [7, 11) is -6.77. The van der Waals surface area contributed by atoms with Crippen molar-refractivity contribution in [3.05, 3.63) is 155 Å². The third-order valence-corrected chi connectivity index (χ3v) is 13.4. The quantitative estimate of drug-likeness (QED) is 0.155. The molecule has 6 aromatic heterocycles. The van der Waals surface area contributed by atoms with E-state index in [0.717, 1.165) is 35.2 Å². The summed E-state index contributed by atoms with van der Waals surface area (Å²) >= 11 is 0. The highest BCUT2D eigenvalue weighted by molar-refractivity contribution is 7.91. The molecule has 2 amide bonds. The molecule has 20 heteroatoms. The Morgan fingerprint density at radius 1 is 0.562 bits per heavy atom. The van der Waals surface area contributed by atoms with Crippen molar-refractivity contribution in [1.82, 2.24) is 59.4 Å². The fourth-order valence-electron chi connectivity index (χ4n) is 7.44. The van der Waals surface area contributed by atoms with E-state index in [4.69, 9.17) is 0 Å². The molecule has 10 rings (SSSR count). The molecule has 18 nitrogen and oxygen atoms in total. The highest BCUT2D eigenvalue weighted by Gasteiger charge is 2.25. The number of imidazole rings is 2. The van der Waals surface area contributed by atoms with E-state index < -0.39 is 31.5 Å². The average molecular weight is 901 g/mol. The van der Waals surface area contributed by atoms with E-state index in [1.165, 1.54) is 48.9 Å². The van der Waals surface area contributed by atoms with Crippen LogP contribution in [-0.4, -0.2) is 89.9 Å². The Morgan fingerprint density at radius 3 is 1.36 bits per heavy atom. The summed E-state index contributed by atoms with van der Waals surface area (Å²) < 4.78 is 54.8. The predicted molar refractivity (Wildman–Crippen MR) is 234 cm³/mol. The lowest BCUT2D eigenvalue weighted by Gasteiger charge is -2.08. The van der Waals surface area contributed by atoms with Crippen molar-refractivity contribution in [3.63, 3.8) is 0 Å². The van der Waals surface area contributed by atoms with Crippen LogP contribution in [0, 0.1) is 0 Å². The number of nitrogens with zero attached hydrogens (tertiary/aromatic N) is 10. The molecule has 8 aromatic rings. The van der Waals surface area contributed by atoms with Gasteiger partial charge in [0.15, 0.2) is 31.1 Å². The number of rotatable bonds is 14. The Morgan fingerprint density at radius 2 is 0.969 bits per heavy atom. The number of aromatic nitrogens is 10. The van der Waals surface area contributed by atoms with E-state index in [1.54, 1.807) is 58.2 Å². The maximum Gasteiger partial charge on any atom is 0.273 e. The second kappa shape index (κ2) is 17.2. The highest BCUT2D eigenvalue weighted by Crippen LogP contribution is 2.40. The molecule has 64 heavy (non-hydrogen) atoms. The molecular formula is C44H44N12O6S2. The van der Waals surface area contributed by atoms with Gasteiger partial charge < -0.3 is 19.4 Å². The molecule has 6 heterocycles. The van der Waals surface area contributed by atoms with E-state index >= 15 is 0 Å². The molecule has 0 radical (unpaired) electrons. The molecule has 2 aliphatic rings. The van der Waals surface area contributed by atoms with E-state index in [-0.39, 0.29) is 34.3 Å². The van der Waals surface area contributed by atoms with Crippen LogP contribution < -0.4 is 10.6 Å². The van der Waals surface area contributed by atoms with Crippen LogP contribution in [0.25, 0.3) is 11.3 Å². The van der Waals surface area contributed by atoms with Crippen molar-refractivity contribution < 1.29 is 26.4 Å². The largest absolute Gasteiger partial charge is 0.346 e. The number of nitrogens with one attached hydrogen (secondary N) is 2. The van der Waals surface area contributed by atoms with Crippen LogP contribution in [0.5, 0.6) is 0 Å². The summed E-state index contributed by atoms with van der Waals surface area (Å²) in [6.45, 7) is 0.921. The molecule has 2 aromatic carbocycles. The smallest absolute Gasteiger partial charge is 0.273 e. The van der Waals surface area contributed by atoms with Crippen LogP contribution >= 0.6 is 0 Å². The van der Waals surface area contributed by atoms with Crippen molar-refractivity contribution in [2.24, 2.45) is 0 Å². The number of carbonyl (C=O) groups excluding carboxylic acids is 2. The van der Waals surface area contributed by atoms with Gasteiger partial charge in [-0.2, -0.15) is 0 Å². The summed E-state index contributed by atoms with van der Waals surface area (Å²) in [6.07, 6.45) is 18.6. The SMILES string of the molecule is CS(=O)(=O)c1ccccc1CNC(=O)c1cn(Cc2cn3cc(C4CC4)ccc3n2)nn1.CS(=O)(=O)c1ccccc1CNC(=O)c1cn(Cc2cn3cc(C4CC4)ccc3n2)nn1. The summed E-state index contributed by atoms with van der Waals surface area (Å²) in [6, 6.07) is 21.5. The van der Waals surface area contributed by atoms with Gasteiger partial charge in [-0.15, -0.1) is 10.2 Å². The lowest BCUT2D eigenvalue weighted by Crippen LogP contribution is -2.24. The number of hydrogen-bond acceptors (Lipinski definition) is 12. The minimum Gasteiger partial charge on any atom is -0.346 e. The number of fused-ring (bicyclic) bond motifs is 2. The van der Waals surface area contributed by atoms with Crippen molar-refractivity contribution in [2.45, 2.75) is 73.5 Å². The number of hydrogen-bond donors (Lipinski definition) is 2. The van der Waals surface area contributed by atoms with Crippen LogP contribution in [0.1, 0.15) is 92.1 Å². The van der Waals surface area contributed by atoms with Gasteiger partial charge in [-0.3, -0.25) is 9.59 Å². The molecular weight excluding hydrogens is 857 g/mol. The summed E-state index contributed by atoms with van der Waals surface area (Å²) in [5.41, 5.74) is 7.38. The summed E-state index contributed by atoms with van der Waals surface area (Å²) in [5, 5.41) is 21.4. The zero-order chi connectivity index (χ0) is 44.6. The van der Waals surface area contributed by atoms with Gasteiger partial charge in [0.05, 0.1) is 46.7 Å². The maximum atomic E-state index is 12.5. The van der Waals surface area contributed by atoms with Crippen LogP contribution in [0.15, 0.2) is 120 Å². The van der Waals surface area contributed by atoms with Gasteiger partial charge in [0.2, 0.25) is 0 Å². The fraction of sp³-hybridized carbons (Fsp3) is 0.273. The Bertz CT molecular complexity index is 3050. The van der Waals surface area contributed by atoms with Crippen LogP contribution in [0.3, 0.4) is 0 Å². The van der Waals surface area contributed by atoms with Gasteiger partial charge in [-0.1, -0.05) is 59.0 Å². The van der Waals surface area contributed by atoms with Crippen LogP contribution in [-0.2, 0) is 45.9 Å². The Balaban J connectivity index is 0.000000162. The molecule has 2 N–H and O–H groups in total. The number of pyridine rings is 2.